The van der Waals surface area contributed by atoms with E-state index in [4.69, 9.17) is 0 Å². The molecule has 1 heterocycles. The summed E-state index contributed by atoms with van der Waals surface area (Å²) in [6, 6.07) is 7.23. The van der Waals surface area contributed by atoms with Crippen LogP contribution in [-0.2, 0) is 0 Å². The first-order valence-electron chi connectivity index (χ1n) is 5.94. The number of nitrogens with zero attached hydrogens (tertiary/aromatic N) is 2. The average Bonchev–Trinajstić information content (AvgIpc) is 2.49. The van der Waals surface area contributed by atoms with Crippen molar-refractivity contribution in [3.63, 3.8) is 0 Å². The molecule has 0 fully saturated rings. The van der Waals surface area contributed by atoms with Gasteiger partial charge >= 0.3 is 0 Å². The zero-order valence-corrected chi connectivity index (χ0v) is 11.1. The Morgan fingerprint density at radius 1 is 1.22 bits per heavy atom. The van der Waals surface area contributed by atoms with Gasteiger partial charge in [-0.3, -0.25) is 4.79 Å². The fourth-order valence-corrected chi connectivity index (χ4v) is 1.78. The van der Waals surface area contributed by atoms with E-state index in [1.807, 2.05) is 32.9 Å². The molecule has 1 aliphatic heterocycles. The summed E-state index contributed by atoms with van der Waals surface area (Å²) in [7, 11) is 0. The highest BCUT2D eigenvalue weighted by molar-refractivity contribution is 5.96. The van der Waals surface area contributed by atoms with Gasteiger partial charge in [-0.05, 0) is 26.0 Å². The summed E-state index contributed by atoms with van der Waals surface area (Å²) in [6.07, 6.45) is 1.61. The average molecular weight is 246 g/mol. The summed E-state index contributed by atoms with van der Waals surface area (Å²) in [5.74, 6) is -0.290. The topological polar surface area (TPSA) is 52.9 Å². The van der Waals surface area contributed by atoms with Gasteiger partial charge in [0.15, 0.2) is 5.72 Å². The lowest BCUT2D eigenvalue weighted by Gasteiger charge is -2.36. The molecule has 0 radical (unpaired) electrons. The second-order valence-corrected chi connectivity index (χ2v) is 5.47. The number of aliphatic hydroxyl groups is 1. The van der Waals surface area contributed by atoms with Crippen LogP contribution in [-0.4, -0.2) is 28.0 Å². The maximum atomic E-state index is 12.3. The predicted octanol–water partition coefficient (Wildman–Crippen LogP) is 2.17. The lowest BCUT2D eigenvalue weighted by atomic mass is 9.84. The number of carbonyl (C=O) groups is 1. The van der Waals surface area contributed by atoms with E-state index in [1.165, 1.54) is 0 Å². The molecule has 96 valence electrons. The molecule has 1 aromatic rings. The van der Waals surface area contributed by atoms with E-state index in [0.29, 0.717) is 5.56 Å². The van der Waals surface area contributed by atoms with Crippen molar-refractivity contribution in [2.24, 2.45) is 10.5 Å². The number of benzene rings is 1. The van der Waals surface area contributed by atoms with Crippen LogP contribution in [0.3, 0.4) is 0 Å². The molecule has 2 rings (SSSR count). The van der Waals surface area contributed by atoms with Gasteiger partial charge in [-0.1, -0.05) is 31.5 Å². The molecule has 4 nitrogen and oxygen atoms in total. The Bertz CT molecular complexity index is 501. The highest BCUT2D eigenvalue weighted by atomic mass is 16.3. The highest BCUT2D eigenvalue weighted by Crippen LogP contribution is 2.37. The van der Waals surface area contributed by atoms with Gasteiger partial charge in [-0.15, -0.1) is 0 Å². The molecule has 1 atom stereocenters. The molecule has 1 unspecified atom stereocenters. The number of carbonyl (C=O) groups excluding carboxylic acids is 1. The Morgan fingerprint density at radius 2 is 1.78 bits per heavy atom. The van der Waals surface area contributed by atoms with Crippen LogP contribution < -0.4 is 0 Å². The number of hydrogen-bond acceptors (Lipinski definition) is 3. The monoisotopic (exact) mass is 246 g/mol. The third-order valence-corrected chi connectivity index (χ3v) is 3.62. The Labute approximate surface area is 107 Å². The first kappa shape index (κ1) is 12.8. The van der Waals surface area contributed by atoms with Crippen LogP contribution in [0.2, 0.25) is 0 Å². The minimum atomic E-state index is -1.31. The predicted molar refractivity (Wildman–Crippen MR) is 70.2 cm³/mol. The van der Waals surface area contributed by atoms with Crippen molar-refractivity contribution in [2.45, 2.75) is 33.4 Å². The molecular weight excluding hydrogens is 228 g/mol. The summed E-state index contributed by atoms with van der Waals surface area (Å²) in [5.41, 5.74) is -0.262. The van der Waals surface area contributed by atoms with E-state index in [9.17, 15) is 9.90 Å². The van der Waals surface area contributed by atoms with Gasteiger partial charge in [0.25, 0.3) is 5.91 Å². The van der Waals surface area contributed by atoms with Crippen molar-refractivity contribution >= 4 is 12.1 Å². The normalized spacial score (nSPS) is 25.5. The van der Waals surface area contributed by atoms with Crippen LogP contribution in [0, 0.1) is 12.3 Å². The van der Waals surface area contributed by atoms with E-state index in [-0.39, 0.29) is 5.91 Å². The van der Waals surface area contributed by atoms with Crippen LogP contribution >= 0.6 is 0 Å². The third kappa shape index (κ3) is 1.82. The number of aryl methyl sites for hydroxylation is 1. The Hall–Kier alpha value is -1.68. The van der Waals surface area contributed by atoms with Crippen LogP contribution in [0.25, 0.3) is 0 Å². The second-order valence-electron chi connectivity index (χ2n) is 5.47. The second kappa shape index (κ2) is 3.92. The van der Waals surface area contributed by atoms with E-state index in [2.05, 4.69) is 5.10 Å². The molecule has 0 saturated heterocycles. The fourth-order valence-electron chi connectivity index (χ4n) is 1.78. The highest BCUT2D eigenvalue weighted by Gasteiger charge is 2.50. The molecule has 0 bridgehead atoms. The molecule has 0 aliphatic carbocycles. The first-order chi connectivity index (χ1) is 8.25. The van der Waals surface area contributed by atoms with Crippen molar-refractivity contribution in [3.05, 3.63) is 35.4 Å². The summed E-state index contributed by atoms with van der Waals surface area (Å²) in [5, 5.41) is 15.6. The van der Waals surface area contributed by atoms with Crippen molar-refractivity contribution in [2.75, 3.05) is 0 Å². The maximum Gasteiger partial charge on any atom is 0.276 e. The van der Waals surface area contributed by atoms with Gasteiger partial charge in [-0.2, -0.15) is 10.1 Å². The van der Waals surface area contributed by atoms with Gasteiger partial charge < -0.3 is 5.11 Å². The minimum Gasteiger partial charge on any atom is -0.368 e. The Balaban J connectivity index is 2.31. The maximum absolute atomic E-state index is 12.3. The van der Waals surface area contributed by atoms with Crippen LogP contribution in [0.15, 0.2) is 29.4 Å². The molecular formula is C14H18N2O2. The molecule has 1 aliphatic rings. The van der Waals surface area contributed by atoms with Gasteiger partial charge in [-0.25, -0.2) is 0 Å². The third-order valence-electron chi connectivity index (χ3n) is 3.62. The van der Waals surface area contributed by atoms with Gasteiger partial charge in [0.05, 0.1) is 5.41 Å². The number of amides is 1. The number of hydrogen-bond donors (Lipinski definition) is 1. The smallest absolute Gasteiger partial charge is 0.276 e. The van der Waals surface area contributed by atoms with E-state index in [1.54, 1.807) is 25.3 Å². The quantitative estimate of drug-likeness (QED) is 0.825. The zero-order chi connectivity index (χ0) is 13.6. The SMILES string of the molecule is Cc1ccc(C(=O)N2N=CC(C)(C)C2(C)O)cc1. The molecule has 1 aromatic carbocycles. The molecule has 0 spiro atoms. The summed E-state index contributed by atoms with van der Waals surface area (Å²) < 4.78 is 0. The van der Waals surface area contributed by atoms with E-state index < -0.39 is 11.1 Å². The summed E-state index contributed by atoms with van der Waals surface area (Å²) >= 11 is 0. The lowest BCUT2D eigenvalue weighted by molar-refractivity contribution is -0.109. The molecule has 0 aromatic heterocycles. The molecule has 0 saturated carbocycles. The molecule has 4 heteroatoms. The van der Waals surface area contributed by atoms with Crippen LogP contribution in [0.5, 0.6) is 0 Å². The summed E-state index contributed by atoms with van der Waals surface area (Å²) in [4.78, 5) is 12.3. The zero-order valence-electron chi connectivity index (χ0n) is 11.1. The van der Waals surface area contributed by atoms with Crippen LogP contribution in [0.1, 0.15) is 36.7 Å². The summed E-state index contributed by atoms with van der Waals surface area (Å²) in [6.45, 7) is 7.26. The van der Waals surface area contributed by atoms with E-state index in [0.717, 1.165) is 10.6 Å². The fraction of sp³-hybridized carbons (Fsp3) is 0.429. The minimum absolute atomic E-state index is 0.290. The lowest BCUT2D eigenvalue weighted by Crippen LogP contribution is -2.52. The van der Waals surface area contributed by atoms with E-state index >= 15 is 0 Å². The largest absolute Gasteiger partial charge is 0.368 e. The van der Waals surface area contributed by atoms with Crippen molar-refractivity contribution in [1.29, 1.82) is 0 Å². The molecule has 18 heavy (non-hydrogen) atoms. The first-order valence-corrected chi connectivity index (χ1v) is 5.94. The Morgan fingerprint density at radius 3 is 2.22 bits per heavy atom. The Kier molecular flexibility index (Phi) is 2.78. The van der Waals surface area contributed by atoms with Crippen molar-refractivity contribution in [1.82, 2.24) is 5.01 Å². The standard InChI is InChI=1S/C14H18N2O2/c1-10-5-7-11(8-6-10)12(17)16-14(4,18)13(2,3)9-15-16/h5-9,18H,1-4H3. The van der Waals surface area contributed by atoms with Crippen LogP contribution in [0.4, 0.5) is 0 Å². The van der Waals surface area contributed by atoms with Gasteiger partial charge in [0.1, 0.15) is 0 Å². The van der Waals surface area contributed by atoms with Crippen molar-refractivity contribution in [3.8, 4) is 0 Å². The van der Waals surface area contributed by atoms with Gasteiger partial charge in [0, 0.05) is 11.8 Å². The number of hydrazone groups is 1. The molecule has 1 N–H and O–H groups in total. The van der Waals surface area contributed by atoms with Crippen molar-refractivity contribution < 1.29 is 9.90 Å². The molecule has 1 amide bonds. The van der Waals surface area contributed by atoms with Gasteiger partial charge in [0.2, 0.25) is 0 Å². The number of rotatable bonds is 1.